The molecule has 0 saturated carbocycles. The lowest BCUT2D eigenvalue weighted by molar-refractivity contribution is -0.137. The Hall–Kier alpha value is -1.89. The number of benzene rings is 1. The van der Waals surface area contributed by atoms with Crippen LogP contribution in [0.3, 0.4) is 0 Å². The third kappa shape index (κ3) is 2.60. The van der Waals surface area contributed by atoms with E-state index in [-0.39, 0.29) is 11.3 Å². The van der Waals surface area contributed by atoms with Gasteiger partial charge in [0.1, 0.15) is 5.82 Å². The molecule has 0 aliphatic carbocycles. The minimum absolute atomic E-state index is 0.0745. The molecular formula is C12H10F4N2O. The molecule has 0 amide bonds. The molecule has 0 bridgehead atoms. The Balaban J connectivity index is 2.54. The molecule has 0 spiro atoms. The number of alkyl halides is 3. The number of aliphatic hydroxyl groups excluding tert-OH is 1. The van der Waals surface area contributed by atoms with Gasteiger partial charge in [-0.15, -0.1) is 0 Å². The molecule has 0 aliphatic heterocycles. The molecule has 1 aromatic heterocycles. The summed E-state index contributed by atoms with van der Waals surface area (Å²) in [6.07, 6.45) is -4.27. The molecule has 1 unspecified atom stereocenters. The predicted octanol–water partition coefficient (Wildman–Crippen LogP) is 3.08. The number of hydrogen-bond acceptors (Lipinski definition) is 2. The van der Waals surface area contributed by atoms with E-state index in [4.69, 9.17) is 0 Å². The zero-order valence-electron chi connectivity index (χ0n) is 9.82. The van der Waals surface area contributed by atoms with E-state index >= 15 is 0 Å². The normalized spacial score (nSPS) is 13.6. The van der Waals surface area contributed by atoms with Crippen molar-refractivity contribution in [3.05, 3.63) is 47.5 Å². The minimum Gasteiger partial charge on any atom is -0.389 e. The zero-order valence-corrected chi connectivity index (χ0v) is 9.82. The van der Waals surface area contributed by atoms with E-state index in [1.54, 1.807) is 0 Å². The smallest absolute Gasteiger partial charge is 0.389 e. The molecular weight excluding hydrogens is 264 g/mol. The Bertz CT molecular complexity index is 590. The van der Waals surface area contributed by atoms with Crippen LogP contribution >= 0.6 is 0 Å². The van der Waals surface area contributed by atoms with Gasteiger partial charge in [0.05, 0.1) is 23.6 Å². The maximum atomic E-state index is 13.6. The summed E-state index contributed by atoms with van der Waals surface area (Å²) >= 11 is 0. The second kappa shape index (κ2) is 4.65. The second-order valence-electron chi connectivity index (χ2n) is 4.02. The predicted molar refractivity (Wildman–Crippen MR) is 59.2 cm³/mol. The molecule has 1 atom stereocenters. The average Bonchev–Trinajstić information content (AvgIpc) is 2.76. The highest BCUT2D eigenvalue weighted by atomic mass is 19.4. The van der Waals surface area contributed by atoms with Crippen LogP contribution in [0.1, 0.15) is 24.2 Å². The van der Waals surface area contributed by atoms with E-state index in [0.29, 0.717) is 6.20 Å². The highest BCUT2D eigenvalue weighted by Gasteiger charge is 2.32. The number of aromatic nitrogens is 2. The van der Waals surface area contributed by atoms with Crippen LogP contribution in [0.25, 0.3) is 5.69 Å². The van der Waals surface area contributed by atoms with Gasteiger partial charge in [0.25, 0.3) is 0 Å². The molecule has 1 N–H and O–H groups in total. The van der Waals surface area contributed by atoms with Crippen molar-refractivity contribution >= 4 is 0 Å². The lowest BCUT2D eigenvalue weighted by atomic mass is 10.1. The van der Waals surface area contributed by atoms with E-state index in [0.717, 1.165) is 16.9 Å². The van der Waals surface area contributed by atoms with Crippen molar-refractivity contribution in [3.63, 3.8) is 0 Å². The topological polar surface area (TPSA) is 38.0 Å². The van der Waals surface area contributed by atoms with Gasteiger partial charge in [-0.05, 0) is 19.1 Å². The standard InChI is InChI=1S/C12H10F4N2O/c1-7(19)11-9(13)3-2-4-10(11)18-6-8(5-17-18)12(14,15)16/h2-7,19H,1H3. The van der Waals surface area contributed by atoms with Gasteiger partial charge in [0.2, 0.25) is 0 Å². The summed E-state index contributed by atoms with van der Waals surface area (Å²) in [5, 5.41) is 13.1. The minimum atomic E-state index is -4.52. The van der Waals surface area contributed by atoms with Gasteiger partial charge in [-0.2, -0.15) is 18.3 Å². The van der Waals surface area contributed by atoms with Crippen molar-refractivity contribution in [2.75, 3.05) is 0 Å². The molecule has 3 nitrogen and oxygen atoms in total. The monoisotopic (exact) mass is 274 g/mol. The van der Waals surface area contributed by atoms with Crippen molar-refractivity contribution < 1.29 is 22.7 Å². The summed E-state index contributed by atoms with van der Waals surface area (Å²) in [6, 6.07) is 3.85. The molecule has 0 aliphatic rings. The van der Waals surface area contributed by atoms with Crippen LogP contribution in [0.15, 0.2) is 30.6 Å². The number of rotatable bonds is 2. The Morgan fingerprint density at radius 2 is 2.00 bits per heavy atom. The molecule has 0 fully saturated rings. The molecule has 0 saturated heterocycles. The molecule has 19 heavy (non-hydrogen) atoms. The van der Waals surface area contributed by atoms with Gasteiger partial charge in [-0.25, -0.2) is 9.07 Å². The van der Waals surface area contributed by atoms with E-state index in [2.05, 4.69) is 5.10 Å². The van der Waals surface area contributed by atoms with Crippen LogP contribution < -0.4 is 0 Å². The van der Waals surface area contributed by atoms with Gasteiger partial charge in [-0.1, -0.05) is 6.07 Å². The van der Waals surface area contributed by atoms with Gasteiger partial charge in [0, 0.05) is 11.8 Å². The lowest BCUT2D eigenvalue weighted by Gasteiger charge is -2.12. The largest absolute Gasteiger partial charge is 0.419 e. The van der Waals surface area contributed by atoms with Crippen LogP contribution in [-0.2, 0) is 6.18 Å². The van der Waals surface area contributed by atoms with Gasteiger partial charge in [-0.3, -0.25) is 0 Å². The maximum Gasteiger partial charge on any atom is 0.419 e. The molecule has 102 valence electrons. The second-order valence-corrected chi connectivity index (χ2v) is 4.02. The summed E-state index contributed by atoms with van der Waals surface area (Å²) in [5.41, 5.74) is -0.960. The summed E-state index contributed by atoms with van der Waals surface area (Å²) in [6.45, 7) is 1.33. The lowest BCUT2D eigenvalue weighted by Crippen LogP contribution is -2.06. The molecule has 0 radical (unpaired) electrons. The maximum absolute atomic E-state index is 13.6. The summed E-state index contributed by atoms with van der Waals surface area (Å²) in [5.74, 6) is -0.698. The first-order valence-corrected chi connectivity index (χ1v) is 5.39. The Morgan fingerprint density at radius 1 is 1.32 bits per heavy atom. The first-order chi connectivity index (χ1) is 8.80. The molecule has 1 heterocycles. The molecule has 7 heteroatoms. The average molecular weight is 274 g/mol. The van der Waals surface area contributed by atoms with E-state index in [1.807, 2.05) is 0 Å². The van der Waals surface area contributed by atoms with Gasteiger partial charge < -0.3 is 5.11 Å². The van der Waals surface area contributed by atoms with Crippen molar-refractivity contribution in [1.29, 1.82) is 0 Å². The van der Waals surface area contributed by atoms with Gasteiger partial charge >= 0.3 is 6.18 Å². The number of nitrogens with zero attached hydrogens (tertiary/aromatic N) is 2. The quantitative estimate of drug-likeness (QED) is 0.855. The van der Waals surface area contributed by atoms with Gasteiger partial charge in [0.15, 0.2) is 0 Å². The third-order valence-electron chi connectivity index (χ3n) is 2.60. The van der Waals surface area contributed by atoms with Crippen molar-refractivity contribution in [3.8, 4) is 5.69 Å². The van der Waals surface area contributed by atoms with Crippen LogP contribution in [0.5, 0.6) is 0 Å². The van der Waals surface area contributed by atoms with E-state index in [1.165, 1.54) is 19.1 Å². The summed E-state index contributed by atoms with van der Waals surface area (Å²) < 4.78 is 51.9. The molecule has 2 aromatic rings. The SMILES string of the molecule is CC(O)c1c(F)cccc1-n1cc(C(F)(F)F)cn1. The fourth-order valence-electron chi connectivity index (χ4n) is 1.74. The van der Waals surface area contributed by atoms with Crippen molar-refractivity contribution in [1.82, 2.24) is 9.78 Å². The highest BCUT2D eigenvalue weighted by molar-refractivity contribution is 5.43. The van der Waals surface area contributed by atoms with Crippen LogP contribution in [-0.4, -0.2) is 14.9 Å². The van der Waals surface area contributed by atoms with Crippen LogP contribution in [0, 0.1) is 5.82 Å². The first kappa shape index (κ1) is 13.5. The Kier molecular flexibility index (Phi) is 3.32. The van der Waals surface area contributed by atoms with Crippen LogP contribution in [0.4, 0.5) is 17.6 Å². The Morgan fingerprint density at radius 3 is 2.53 bits per heavy atom. The van der Waals surface area contributed by atoms with Crippen molar-refractivity contribution in [2.24, 2.45) is 0 Å². The summed E-state index contributed by atoms with van der Waals surface area (Å²) in [4.78, 5) is 0. The zero-order chi connectivity index (χ0) is 14.2. The molecule has 1 aromatic carbocycles. The molecule has 2 rings (SSSR count). The van der Waals surface area contributed by atoms with Crippen LogP contribution in [0.2, 0.25) is 0 Å². The number of hydrogen-bond donors (Lipinski definition) is 1. The highest BCUT2D eigenvalue weighted by Crippen LogP contribution is 2.30. The summed E-state index contributed by atoms with van der Waals surface area (Å²) in [7, 11) is 0. The fraction of sp³-hybridized carbons (Fsp3) is 0.250. The third-order valence-corrected chi connectivity index (χ3v) is 2.60. The fourth-order valence-corrected chi connectivity index (χ4v) is 1.74. The first-order valence-electron chi connectivity index (χ1n) is 5.39. The van der Waals surface area contributed by atoms with E-state index < -0.39 is 23.7 Å². The van der Waals surface area contributed by atoms with E-state index in [9.17, 15) is 22.7 Å². The Labute approximate surface area is 106 Å². The van der Waals surface area contributed by atoms with Crippen molar-refractivity contribution in [2.45, 2.75) is 19.2 Å². The number of halogens is 4. The number of aliphatic hydroxyl groups is 1.